The average Bonchev–Trinajstić information content (AvgIpc) is 2.60. The zero-order valence-corrected chi connectivity index (χ0v) is 15.6. The minimum absolute atomic E-state index is 0.0332. The first-order chi connectivity index (χ1) is 12.6. The second-order valence-corrected chi connectivity index (χ2v) is 7.40. The van der Waals surface area contributed by atoms with Crippen LogP contribution in [-0.2, 0) is 25.5 Å². The molecule has 0 fully saturated rings. The lowest BCUT2D eigenvalue weighted by molar-refractivity contribution is -0.161. The van der Waals surface area contributed by atoms with Crippen molar-refractivity contribution in [1.29, 1.82) is 0 Å². The molecule has 0 saturated carbocycles. The molecule has 0 bridgehead atoms. The van der Waals surface area contributed by atoms with Crippen molar-refractivity contribution >= 4 is 24.8 Å². The Morgan fingerprint density at radius 2 is 1.96 bits per heavy atom. The van der Waals surface area contributed by atoms with Gasteiger partial charge in [-0.05, 0) is 38.8 Å². The van der Waals surface area contributed by atoms with E-state index in [2.05, 4.69) is 0 Å². The van der Waals surface area contributed by atoms with E-state index in [1.807, 2.05) is 0 Å². The number of para-hydroxylation sites is 1. The third-order valence-electron chi connectivity index (χ3n) is 4.10. The standard InChI is InChI=1S/C18H23BO8/c1-18(2,3)17(23)26-10-25-16(22)14-6-4-5-11-7-12(8-13(21)9-20)19(24)27-15(11)14/h4-6,12,20,24H,7-10H2,1-3H3/t12-/m1/s1. The zero-order valence-electron chi connectivity index (χ0n) is 15.6. The van der Waals surface area contributed by atoms with Crippen LogP contribution in [0.2, 0.25) is 5.82 Å². The summed E-state index contributed by atoms with van der Waals surface area (Å²) >= 11 is 0. The summed E-state index contributed by atoms with van der Waals surface area (Å²) in [5, 5.41) is 19.0. The molecule has 0 radical (unpaired) electrons. The number of fused-ring (bicyclic) bond motifs is 1. The highest BCUT2D eigenvalue weighted by molar-refractivity contribution is 6.47. The number of aliphatic hydroxyl groups excluding tert-OH is 1. The van der Waals surface area contributed by atoms with Crippen LogP contribution in [0.15, 0.2) is 18.2 Å². The van der Waals surface area contributed by atoms with Gasteiger partial charge in [-0.2, -0.15) is 0 Å². The average molecular weight is 378 g/mol. The van der Waals surface area contributed by atoms with Gasteiger partial charge in [-0.25, -0.2) is 4.79 Å². The fourth-order valence-electron chi connectivity index (χ4n) is 2.61. The summed E-state index contributed by atoms with van der Waals surface area (Å²) in [5.41, 5.74) is 0.00879. The van der Waals surface area contributed by atoms with Gasteiger partial charge in [-0.3, -0.25) is 9.59 Å². The molecule has 2 N–H and O–H groups in total. The maximum atomic E-state index is 12.3. The van der Waals surface area contributed by atoms with E-state index in [1.165, 1.54) is 6.07 Å². The number of esters is 2. The Morgan fingerprint density at radius 1 is 1.26 bits per heavy atom. The molecule has 0 aromatic heterocycles. The molecule has 27 heavy (non-hydrogen) atoms. The van der Waals surface area contributed by atoms with Crippen molar-refractivity contribution in [3.05, 3.63) is 29.3 Å². The molecule has 0 saturated heterocycles. The number of hydrogen-bond donors (Lipinski definition) is 2. The fraction of sp³-hybridized carbons (Fsp3) is 0.500. The van der Waals surface area contributed by atoms with E-state index >= 15 is 0 Å². The van der Waals surface area contributed by atoms with Gasteiger partial charge < -0.3 is 24.3 Å². The van der Waals surface area contributed by atoms with Crippen LogP contribution in [0.3, 0.4) is 0 Å². The van der Waals surface area contributed by atoms with Crippen molar-refractivity contribution in [3.63, 3.8) is 0 Å². The van der Waals surface area contributed by atoms with Crippen LogP contribution in [0.5, 0.6) is 5.75 Å². The van der Waals surface area contributed by atoms with Gasteiger partial charge in [0.1, 0.15) is 17.9 Å². The van der Waals surface area contributed by atoms with Crippen molar-refractivity contribution in [2.75, 3.05) is 13.4 Å². The molecule has 1 aromatic carbocycles. The van der Waals surface area contributed by atoms with E-state index in [0.29, 0.717) is 12.0 Å². The minimum Gasteiger partial charge on any atom is -0.535 e. The summed E-state index contributed by atoms with van der Waals surface area (Å²) in [7, 11) is -1.29. The van der Waals surface area contributed by atoms with E-state index in [1.54, 1.807) is 32.9 Å². The van der Waals surface area contributed by atoms with Crippen LogP contribution in [0.4, 0.5) is 0 Å². The number of ketones is 1. The molecule has 1 aliphatic heterocycles. The van der Waals surface area contributed by atoms with Crippen molar-refractivity contribution in [2.24, 2.45) is 5.41 Å². The third kappa shape index (κ3) is 5.30. The van der Waals surface area contributed by atoms with Crippen LogP contribution in [0, 0.1) is 5.41 Å². The topological polar surface area (TPSA) is 119 Å². The minimum atomic E-state index is -1.29. The quantitative estimate of drug-likeness (QED) is 0.430. The smallest absolute Gasteiger partial charge is 0.526 e. The number of rotatable bonds is 6. The molecule has 146 valence electrons. The second-order valence-electron chi connectivity index (χ2n) is 7.40. The first kappa shape index (κ1) is 20.9. The molecule has 0 aliphatic carbocycles. The van der Waals surface area contributed by atoms with Crippen molar-refractivity contribution in [3.8, 4) is 5.75 Å². The Hall–Kier alpha value is -2.39. The van der Waals surface area contributed by atoms with Gasteiger partial charge >= 0.3 is 19.1 Å². The van der Waals surface area contributed by atoms with Gasteiger partial charge in [0.25, 0.3) is 0 Å². The van der Waals surface area contributed by atoms with Crippen molar-refractivity contribution in [1.82, 2.24) is 0 Å². The van der Waals surface area contributed by atoms with Crippen LogP contribution >= 0.6 is 0 Å². The van der Waals surface area contributed by atoms with Gasteiger partial charge in [-0.1, -0.05) is 12.1 Å². The number of carbonyl (C=O) groups excluding carboxylic acids is 3. The van der Waals surface area contributed by atoms with Crippen LogP contribution in [0.25, 0.3) is 0 Å². The van der Waals surface area contributed by atoms with Crippen LogP contribution in [0.1, 0.15) is 43.1 Å². The Bertz CT molecular complexity index is 725. The van der Waals surface area contributed by atoms with Gasteiger partial charge in [0.2, 0.25) is 6.79 Å². The third-order valence-corrected chi connectivity index (χ3v) is 4.10. The Morgan fingerprint density at radius 3 is 2.59 bits per heavy atom. The van der Waals surface area contributed by atoms with E-state index in [-0.39, 0.29) is 17.7 Å². The van der Waals surface area contributed by atoms with E-state index < -0.39 is 49.5 Å². The second kappa shape index (κ2) is 8.54. The highest BCUT2D eigenvalue weighted by Crippen LogP contribution is 2.36. The van der Waals surface area contributed by atoms with Gasteiger partial charge in [-0.15, -0.1) is 0 Å². The molecule has 8 nitrogen and oxygen atoms in total. The maximum absolute atomic E-state index is 12.3. The molecule has 1 aliphatic rings. The lowest BCUT2D eigenvalue weighted by Crippen LogP contribution is -2.36. The molecule has 0 unspecified atom stereocenters. The number of benzene rings is 1. The summed E-state index contributed by atoms with van der Waals surface area (Å²) < 4.78 is 15.3. The molecular formula is C18H23BO8. The maximum Gasteiger partial charge on any atom is 0.526 e. The first-order valence-electron chi connectivity index (χ1n) is 8.57. The summed E-state index contributed by atoms with van der Waals surface area (Å²) in [5.74, 6) is -2.01. The predicted molar refractivity (Wildman–Crippen MR) is 95.0 cm³/mol. The monoisotopic (exact) mass is 378 g/mol. The SMILES string of the molecule is CC(C)(C)C(=O)OCOC(=O)c1cccc2c1OB(O)[C@@H](CC(=O)CO)C2. The largest absolute Gasteiger partial charge is 0.535 e. The molecule has 1 heterocycles. The van der Waals surface area contributed by atoms with E-state index in [0.717, 1.165) is 0 Å². The number of aliphatic hydroxyl groups is 1. The van der Waals surface area contributed by atoms with Crippen molar-refractivity contribution < 1.29 is 38.6 Å². The van der Waals surface area contributed by atoms with Crippen LogP contribution < -0.4 is 4.65 Å². The van der Waals surface area contributed by atoms with Gasteiger partial charge in [0, 0.05) is 12.2 Å². The lowest BCUT2D eigenvalue weighted by Gasteiger charge is -2.28. The number of Topliss-reactive ketones (excluding diaryl/α,β-unsaturated/α-hetero) is 1. The summed E-state index contributed by atoms with van der Waals surface area (Å²) in [6, 6.07) is 4.81. The van der Waals surface area contributed by atoms with Crippen LogP contribution in [-0.4, -0.2) is 48.4 Å². The first-order valence-corrected chi connectivity index (χ1v) is 8.57. The normalized spacial score (nSPS) is 16.2. The molecule has 1 atom stereocenters. The van der Waals surface area contributed by atoms with Gasteiger partial charge in [0.15, 0.2) is 5.78 Å². The molecule has 9 heteroatoms. The number of hydrogen-bond acceptors (Lipinski definition) is 8. The zero-order chi connectivity index (χ0) is 20.2. The van der Waals surface area contributed by atoms with E-state index in [4.69, 9.17) is 19.2 Å². The fourth-order valence-corrected chi connectivity index (χ4v) is 2.61. The summed E-state index contributed by atoms with van der Waals surface area (Å²) in [6.07, 6.45) is 0.275. The molecular weight excluding hydrogens is 355 g/mol. The predicted octanol–water partition coefficient (Wildman–Crippen LogP) is 1.13. The Labute approximate surface area is 157 Å². The molecule has 2 rings (SSSR count). The summed E-state index contributed by atoms with van der Waals surface area (Å²) in [6.45, 7) is 3.90. The highest BCUT2D eigenvalue weighted by Gasteiger charge is 2.37. The highest BCUT2D eigenvalue weighted by atomic mass is 16.7. The molecule has 0 spiro atoms. The molecule has 0 amide bonds. The molecule has 1 aromatic rings. The van der Waals surface area contributed by atoms with Gasteiger partial charge in [0.05, 0.1) is 5.41 Å². The van der Waals surface area contributed by atoms with Crippen molar-refractivity contribution in [2.45, 2.75) is 39.4 Å². The Balaban J connectivity index is 2.06. The van der Waals surface area contributed by atoms with E-state index in [9.17, 15) is 19.4 Å². The Kier molecular flexibility index (Phi) is 6.61. The summed E-state index contributed by atoms with van der Waals surface area (Å²) in [4.78, 5) is 35.4. The lowest BCUT2D eigenvalue weighted by atomic mass is 9.64. The number of ether oxygens (including phenoxy) is 2. The number of carbonyl (C=O) groups is 3.